The van der Waals surface area contributed by atoms with Crippen molar-refractivity contribution in [2.24, 2.45) is 12.1 Å². The van der Waals surface area contributed by atoms with Crippen molar-refractivity contribution in [3.05, 3.63) is 46.5 Å². The smallest absolute Gasteiger partial charge is 0.266 e. The maximum atomic E-state index is 11.9. The molecule has 19 heavy (non-hydrogen) atoms. The van der Waals surface area contributed by atoms with E-state index in [2.05, 4.69) is 20.6 Å². The van der Waals surface area contributed by atoms with Gasteiger partial charge in [0, 0.05) is 25.0 Å². The minimum absolute atomic E-state index is 0.280. The van der Waals surface area contributed by atoms with Crippen LogP contribution in [0.4, 0.5) is 0 Å². The summed E-state index contributed by atoms with van der Waals surface area (Å²) in [5.41, 5.74) is 4.07. The molecule has 1 amide bonds. The molecule has 0 aromatic carbocycles. The largest absolute Gasteiger partial charge is 0.291 e. The number of amides is 1. The summed E-state index contributed by atoms with van der Waals surface area (Å²) >= 11 is 6.00. The van der Waals surface area contributed by atoms with E-state index in [-0.39, 0.29) is 5.69 Å². The van der Waals surface area contributed by atoms with Gasteiger partial charge in [-0.25, -0.2) is 5.43 Å². The number of pyridine rings is 1. The molecule has 2 heterocycles. The Labute approximate surface area is 115 Å². The highest BCUT2D eigenvalue weighted by atomic mass is 35.5. The van der Waals surface area contributed by atoms with Crippen LogP contribution in [0.25, 0.3) is 0 Å². The van der Waals surface area contributed by atoms with E-state index in [1.165, 1.54) is 10.9 Å². The van der Waals surface area contributed by atoms with Crippen molar-refractivity contribution in [1.29, 1.82) is 0 Å². The Morgan fingerprint density at radius 3 is 2.95 bits per heavy atom. The van der Waals surface area contributed by atoms with Crippen LogP contribution in [0.1, 0.15) is 21.7 Å². The van der Waals surface area contributed by atoms with Crippen molar-refractivity contribution in [2.75, 3.05) is 0 Å². The van der Waals surface area contributed by atoms with Gasteiger partial charge in [-0.2, -0.15) is 10.2 Å². The topological polar surface area (TPSA) is 72.2 Å². The molecule has 0 fully saturated rings. The zero-order chi connectivity index (χ0) is 13.8. The standard InChI is InChI=1S/C12H12ClN5O/c1-8-10(13)11(18(2)17-8)12(19)16-15-7-9-4-3-5-14-6-9/h3-7H,1-2H3,(H,16,19)/b15-7-. The molecule has 0 spiro atoms. The van der Waals surface area contributed by atoms with E-state index in [0.717, 1.165) is 5.56 Å². The van der Waals surface area contributed by atoms with Gasteiger partial charge >= 0.3 is 0 Å². The second kappa shape index (κ2) is 5.62. The molecule has 0 radical (unpaired) electrons. The van der Waals surface area contributed by atoms with Crippen molar-refractivity contribution in [2.45, 2.75) is 6.92 Å². The van der Waals surface area contributed by atoms with Crippen LogP contribution in [0, 0.1) is 6.92 Å². The van der Waals surface area contributed by atoms with Gasteiger partial charge in [0.2, 0.25) is 0 Å². The summed E-state index contributed by atoms with van der Waals surface area (Å²) in [4.78, 5) is 15.8. The van der Waals surface area contributed by atoms with Crippen molar-refractivity contribution in [1.82, 2.24) is 20.2 Å². The van der Waals surface area contributed by atoms with Crippen LogP contribution in [0.5, 0.6) is 0 Å². The zero-order valence-electron chi connectivity index (χ0n) is 10.5. The van der Waals surface area contributed by atoms with Crippen LogP contribution in [0.15, 0.2) is 29.6 Å². The van der Waals surface area contributed by atoms with Crippen molar-refractivity contribution < 1.29 is 4.79 Å². The summed E-state index contributed by atoms with van der Waals surface area (Å²) < 4.78 is 1.42. The molecule has 2 aromatic heterocycles. The summed E-state index contributed by atoms with van der Waals surface area (Å²) in [6.45, 7) is 1.73. The third-order valence-electron chi connectivity index (χ3n) is 2.43. The Morgan fingerprint density at radius 1 is 1.58 bits per heavy atom. The van der Waals surface area contributed by atoms with E-state index in [0.29, 0.717) is 10.7 Å². The predicted molar refractivity (Wildman–Crippen MR) is 72.3 cm³/mol. The van der Waals surface area contributed by atoms with Gasteiger partial charge in [-0.15, -0.1) is 0 Å². The van der Waals surface area contributed by atoms with Gasteiger partial charge in [-0.3, -0.25) is 14.5 Å². The fraction of sp³-hybridized carbons (Fsp3) is 0.167. The van der Waals surface area contributed by atoms with Gasteiger partial charge in [-0.05, 0) is 13.0 Å². The maximum absolute atomic E-state index is 11.9. The molecular weight excluding hydrogens is 266 g/mol. The molecule has 0 unspecified atom stereocenters. The molecule has 0 aliphatic heterocycles. The molecule has 1 N–H and O–H groups in total. The van der Waals surface area contributed by atoms with Gasteiger partial charge in [-0.1, -0.05) is 17.7 Å². The summed E-state index contributed by atoms with van der Waals surface area (Å²) in [5, 5.41) is 8.24. The quantitative estimate of drug-likeness (QED) is 0.683. The lowest BCUT2D eigenvalue weighted by atomic mass is 10.3. The number of hydrogen-bond acceptors (Lipinski definition) is 4. The lowest BCUT2D eigenvalue weighted by molar-refractivity contribution is 0.0946. The number of hydrogen-bond donors (Lipinski definition) is 1. The lowest BCUT2D eigenvalue weighted by Gasteiger charge is -2.00. The van der Waals surface area contributed by atoms with Crippen molar-refractivity contribution >= 4 is 23.7 Å². The van der Waals surface area contributed by atoms with Crippen molar-refractivity contribution in [3.8, 4) is 0 Å². The predicted octanol–water partition coefficient (Wildman–Crippen LogP) is 1.54. The average Bonchev–Trinajstić information content (AvgIpc) is 2.64. The minimum Gasteiger partial charge on any atom is -0.266 e. The Morgan fingerprint density at radius 2 is 2.37 bits per heavy atom. The molecule has 7 heteroatoms. The van der Waals surface area contributed by atoms with E-state index in [1.807, 2.05) is 6.07 Å². The van der Waals surface area contributed by atoms with Crippen LogP contribution >= 0.6 is 11.6 Å². The maximum Gasteiger partial charge on any atom is 0.291 e. The highest BCUT2D eigenvalue weighted by molar-refractivity contribution is 6.34. The molecule has 6 nitrogen and oxygen atoms in total. The average molecular weight is 278 g/mol. The van der Waals surface area contributed by atoms with E-state index in [9.17, 15) is 4.79 Å². The molecule has 0 bridgehead atoms. The number of carbonyl (C=O) groups is 1. The Kier molecular flexibility index (Phi) is 3.91. The third-order valence-corrected chi connectivity index (χ3v) is 2.88. The third kappa shape index (κ3) is 2.97. The minimum atomic E-state index is -0.409. The number of aromatic nitrogens is 3. The second-order valence-electron chi connectivity index (χ2n) is 3.86. The molecule has 0 saturated carbocycles. The first-order valence-electron chi connectivity index (χ1n) is 5.52. The van der Waals surface area contributed by atoms with Gasteiger partial charge < -0.3 is 0 Å². The lowest BCUT2D eigenvalue weighted by Crippen LogP contribution is -2.21. The van der Waals surface area contributed by atoms with Crippen LogP contribution in [0.3, 0.4) is 0 Å². The fourth-order valence-corrected chi connectivity index (χ4v) is 1.80. The number of hydrazone groups is 1. The molecule has 0 aliphatic carbocycles. The number of rotatable bonds is 3. The summed E-state index contributed by atoms with van der Waals surface area (Å²) in [6.07, 6.45) is 4.80. The van der Waals surface area contributed by atoms with Crippen LogP contribution in [-0.4, -0.2) is 26.9 Å². The summed E-state index contributed by atoms with van der Waals surface area (Å²) in [6, 6.07) is 3.61. The number of halogens is 1. The van der Waals surface area contributed by atoms with Crippen LogP contribution in [-0.2, 0) is 7.05 Å². The molecule has 0 atom stereocenters. The number of nitrogens with one attached hydrogen (secondary N) is 1. The Hall–Kier alpha value is -2.21. The zero-order valence-corrected chi connectivity index (χ0v) is 11.2. The van der Waals surface area contributed by atoms with E-state index >= 15 is 0 Å². The van der Waals surface area contributed by atoms with Gasteiger partial charge in [0.15, 0.2) is 0 Å². The molecule has 98 valence electrons. The van der Waals surface area contributed by atoms with Gasteiger partial charge in [0.25, 0.3) is 5.91 Å². The number of aryl methyl sites for hydroxylation is 2. The number of carbonyl (C=O) groups excluding carboxylic acids is 1. The Balaban J connectivity index is 2.08. The molecule has 2 rings (SSSR count). The normalized spacial score (nSPS) is 10.9. The first kappa shape index (κ1) is 13.2. The first-order chi connectivity index (χ1) is 9.09. The van der Waals surface area contributed by atoms with Crippen LogP contribution < -0.4 is 5.43 Å². The summed E-state index contributed by atoms with van der Waals surface area (Å²) in [7, 11) is 1.65. The monoisotopic (exact) mass is 277 g/mol. The van der Waals surface area contributed by atoms with E-state index in [1.54, 1.807) is 32.4 Å². The highest BCUT2D eigenvalue weighted by Gasteiger charge is 2.17. The molecule has 0 saturated heterocycles. The van der Waals surface area contributed by atoms with Gasteiger partial charge in [0.1, 0.15) is 5.69 Å². The van der Waals surface area contributed by atoms with Crippen LogP contribution in [0.2, 0.25) is 5.02 Å². The SMILES string of the molecule is Cc1nn(C)c(C(=O)N/N=C\c2cccnc2)c1Cl. The summed E-state index contributed by atoms with van der Waals surface area (Å²) in [5.74, 6) is -0.409. The van der Waals surface area contributed by atoms with E-state index < -0.39 is 5.91 Å². The number of nitrogens with zero attached hydrogens (tertiary/aromatic N) is 4. The Bertz CT molecular complexity index is 621. The van der Waals surface area contributed by atoms with Gasteiger partial charge in [0.05, 0.1) is 16.9 Å². The highest BCUT2D eigenvalue weighted by Crippen LogP contribution is 2.18. The fourth-order valence-electron chi connectivity index (χ4n) is 1.55. The molecular formula is C12H12ClN5O. The van der Waals surface area contributed by atoms with E-state index in [4.69, 9.17) is 11.6 Å². The second-order valence-corrected chi connectivity index (χ2v) is 4.24. The first-order valence-corrected chi connectivity index (χ1v) is 5.90. The molecule has 2 aromatic rings. The van der Waals surface area contributed by atoms with Crippen molar-refractivity contribution in [3.63, 3.8) is 0 Å². The molecule has 0 aliphatic rings.